The lowest BCUT2D eigenvalue weighted by Gasteiger charge is -2.18. The largest absolute Gasteiger partial charge is 0.460 e. The fourth-order valence-corrected chi connectivity index (χ4v) is 4.27. The van der Waals surface area contributed by atoms with E-state index in [4.69, 9.17) is 4.42 Å². The van der Waals surface area contributed by atoms with Crippen molar-refractivity contribution in [1.82, 2.24) is 15.6 Å². The summed E-state index contributed by atoms with van der Waals surface area (Å²) in [5, 5.41) is 8.52. The first-order valence-electron chi connectivity index (χ1n) is 11.4. The summed E-state index contributed by atoms with van der Waals surface area (Å²) in [5.41, 5.74) is 3.79. The highest BCUT2D eigenvalue weighted by atomic mass is 19.1. The van der Waals surface area contributed by atoms with Crippen molar-refractivity contribution >= 4 is 27.8 Å². The van der Waals surface area contributed by atoms with Crippen molar-refractivity contribution < 1.29 is 13.6 Å². The Morgan fingerprint density at radius 2 is 1.85 bits per heavy atom. The Morgan fingerprint density at radius 3 is 2.74 bits per heavy atom. The number of hydrogen-bond donors (Lipinski definition) is 3. The smallest absolute Gasteiger partial charge is 0.237 e. The minimum Gasteiger partial charge on any atom is -0.460 e. The van der Waals surface area contributed by atoms with Gasteiger partial charge in [0.2, 0.25) is 5.91 Å². The van der Waals surface area contributed by atoms with Crippen molar-refractivity contribution in [3.63, 3.8) is 0 Å². The predicted octanol–water partition coefficient (Wildman–Crippen LogP) is 5.11. The fraction of sp³-hybridized carbons (Fsp3) is 0.179. The monoisotopic (exact) mass is 455 g/mol. The summed E-state index contributed by atoms with van der Waals surface area (Å²) in [6.45, 7) is 0.859. The number of aromatic amines is 1. The molecule has 0 spiro atoms. The Balaban J connectivity index is 1.29. The second-order valence-corrected chi connectivity index (χ2v) is 8.42. The Kier molecular flexibility index (Phi) is 6.40. The summed E-state index contributed by atoms with van der Waals surface area (Å²) >= 11 is 0. The molecule has 172 valence electrons. The predicted molar refractivity (Wildman–Crippen MR) is 132 cm³/mol. The van der Waals surface area contributed by atoms with Crippen LogP contribution in [0.15, 0.2) is 89.5 Å². The topological polar surface area (TPSA) is 70.1 Å². The van der Waals surface area contributed by atoms with Crippen LogP contribution in [0.5, 0.6) is 0 Å². The number of carbonyl (C=O) groups excluding carboxylic acids is 1. The third-order valence-corrected chi connectivity index (χ3v) is 6.02. The maximum atomic E-state index is 13.4. The molecule has 0 saturated heterocycles. The third-order valence-electron chi connectivity index (χ3n) is 6.02. The maximum Gasteiger partial charge on any atom is 0.237 e. The lowest BCUT2D eigenvalue weighted by Crippen LogP contribution is -2.45. The van der Waals surface area contributed by atoms with Gasteiger partial charge in [0, 0.05) is 29.0 Å². The average molecular weight is 456 g/mol. The van der Waals surface area contributed by atoms with Crippen molar-refractivity contribution in [3.05, 3.63) is 108 Å². The minimum absolute atomic E-state index is 0.0993. The zero-order chi connectivity index (χ0) is 23.3. The molecule has 0 bridgehead atoms. The number of benzene rings is 3. The maximum absolute atomic E-state index is 13.4. The Labute approximate surface area is 197 Å². The first-order chi connectivity index (χ1) is 16.7. The summed E-state index contributed by atoms with van der Waals surface area (Å²) in [6, 6.07) is 23.9. The molecule has 0 aliphatic heterocycles. The van der Waals surface area contributed by atoms with Gasteiger partial charge in [-0.2, -0.15) is 0 Å². The van der Waals surface area contributed by atoms with Gasteiger partial charge >= 0.3 is 0 Å². The van der Waals surface area contributed by atoms with Crippen LogP contribution in [0.4, 0.5) is 4.39 Å². The molecule has 2 heterocycles. The van der Waals surface area contributed by atoms with E-state index >= 15 is 0 Å². The number of furan rings is 1. The van der Waals surface area contributed by atoms with E-state index in [1.807, 2.05) is 60.8 Å². The first kappa shape index (κ1) is 21.9. The Hall–Kier alpha value is -3.90. The molecule has 3 aromatic carbocycles. The summed E-state index contributed by atoms with van der Waals surface area (Å²) in [6.07, 6.45) is 3.05. The van der Waals surface area contributed by atoms with Gasteiger partial charge in [0.15, 0.2) is 0 Å². The number of fused-ring (bicyclic) bond motifs is 2. The zero-order valence-corrected chi connectivity index (χ0v) is 18.7. The van der Waals surface area contributed by atoms with Gasteiger partial charge in [-0.05, 0) is 54.3 Å². The van der Waals surface area contributed by atoms with Gasteiger partial charge in [0.25, 0.3) is 0 Å². The normalized spacial score (nSPS) is 12.3. The highest BCUT2D eigenvalue weighted by Gasteiger charge is 2.20. The Bertz CT molecular complexity index is 1390. The van der Waals surface area contributed by atoms with Gasteiger partial charge in [-0.15, -0.1) is 0 Å². The van der Waals surface area contributed by atoms with Crippen molar-refractivity contribution in [1.29, 1.82) is 0 Å². The number of nitrogens with one attached hydrogen (secondary N) is 3. The SMILES string of the molecule is O=C(NCCc1cccc(F)c1)C(Cc1c[nH]c2ccccc12)NCc1cc2ccccc2o1. The average Bonchev–Trinajstić information content (AvgIpc) is 3.45. The van der Waals surface area contributed by atoms with Gasteiger partial charge in [-0.25, -0.2) is 4.39 Å². The van der Waals surface area contributed by atoms with E-state index in [1.165, 1.54) is 12.1 Å². The molecule has 0 aliphatic rings. The van der Waals surface area contributed by atoms with E-state index in [2.05, 4.69) is 21.7 Å². The molecule has 0 radical (unpaired) electrons. The molecule has 5 rings (SSSR count). The molecule has 0 saturated carbocycles. The van der Waals surface area contributed by atoms with Crippen molar-refractivity contribution in [2.75, 3.05) is 6.54 Å². The summed E-state index contributed by atoms with van der Waals surface area (Å²) in [5.74, 6) is 0.407. The molecule has 1 unspecified atom stereocenters. The molecule has 6 heteroatoms. The molecule has 5 aromatic rings. The number of para-hydroxylation sites is 2. The standard InChI is InChI=1S/C28H26FN3O2/c29-22-8-5-6-19(14-22)12-13-30-28(33)26(16-21-17-31-25-10-3-2-9-24(21)25)32-18-23-15-20-7-1-4-11-27(20)34-23/h1-11,14-15,17,26,31-32H,12-13,16,18H2,(H,30,33). The summed E-state index contributed by atoms with van der Waals surface area (Å²) < 4.78 is 19.4. The molecular weight excluding hydrogens is 429 g/mol. The van der Waals surface area contributed by atoms with Crippen LogP contribution in [-0.4, -0.2) is 23.5 Å². The molecule has 34 heavy (non-hydrogen) atoms. The van der Waals surface area contributed by atoms with Crippen LogP contribution >= 0.6 is 0 Å². The van der Waals surface area contributed by atoms with Gasteiger partial charge in [0.1, 0.15) is 17.2 Å². The van der Waals surface area contributed by atoms with E-state index in [1.54, 1.807) is 6.07 Å². The van der Waals surface area contributed by atoms with Crippen LogP contribution in [-0.2, 0) is 24.2 Å². The number of halogens is 1. The lowest BCUT2D eigenvalue weighted by atomic mass is 10.0. The fourth-order valence-electron chi connectivity index (χ4n) is 4.27. The van der Waals surface area contributed by atoms with Crippen molar-refractivity contribution in [3.8, 4) is 0 Å². The number of H-pyrrole nitrogens is 1. The van der Waals surface area contributed by atoms with Gasteiger partial charge < -0.3 is 14.7 Å². The minimum atomic E-state index is -0.458. The summed E-state index contributed by atoms with van der Waals surface area (Å²) in [7, 11) is 0. The zero-order valence-electron chi connectivity index (χ0n) is 18.7. The molecule has 0 fully saturated rings. The first-order valence-corrected chi connectivity index (χ1v) is 11.4. The number of hydrogen-bond acceptors (Lipinski definition) is 3. The molecule has 2 aromatic heterocycles. The molecule has 0 aliphatic carbocycles. The molecule has 1 atom stereocenters. The number of aromatic nitrogens is 1. The van der Waals surface area contributed by atoms with Gasteiger partial charge in [-0.1, -0.05) is 48.5 Å². The number of carbonyl (C=O) groups is 1. The van der Waals surface area contributed by atoms with Crippen LogP contribution in [0, 0.1) is 5.82 Å². The van der Waals surface area contributed by atoms with Crippen LogP contribution < -0.4 is 10.6 Å². The van der Waals surface area contributed by atoms with Gasteiger partial charge in [-0.3, -0.25) is 10.1 Å². The van der Waals surface area contributed by atoms with Crippen molar-refractivity contribution in [2.24, 2.45) is 0 Å². The molecule has 5 nitrogen and oxygen atoms in total. The van der Waals surface area contributed by atoms with E-state index < -0.39 is 6.04 Å². The van der Waals surface area contributed by atoms with Crippen LogP contribution in [0.25, 0.3) is 21.9 Å². The third kappa shape index (κ3) is 5.02. The second kappa shape index (κ2) is 9.93. The van der Waals surface area contributed by atoms with Crippen LogP contribution in [0.2, 0.25) is 0 Å². The number of amides is 1. The number of rotatable bonds is 9. The van der Waals surface area contributed by atoms with E-state index in [-0.39, 0.29) is 11.7 Å². The van der Waals surface area contributed by atoms with Crippen LogP contribution in [0.1, 0.15) is 16.9 Å². The van der Waals surface area contributed by atoms with E-state index in [0.29, 0.717) is 25.9 Å². The summed E-state index contributed by atoms with van der Waals surface area (Å²) in [4.78, 5) is 16.4. The van der Waals surface area contributed by atoms with E-state index in [9.17, 15) is 9.18 Å². The van der Waals surface area contributed by atoms with Gasteiger partial charge in [0.05, 0.1) is 12.6 Å². The second-order valence-electron chi connectivity index (χ2n) is 8.42. The highest BCUT2D eigenvalue weighted by molar-refractivity contribution is 5.86. The molecular formula is C28H26FN3O2. The lowest BCUT2D eigenvalue weighted by molar-refractivity contribution is -0.123. The van der Waals surface area contributed by atoms with E-state index in [0.717, 1.165) is 38.8 Å². The Morgan fingerprint density at radius 1 is 1.00 bits per heavy atom. The molecule has 1 amide bonds. The molecule has 3 N–H and O–H groups in total. The van der Waals surface area contributed by atoms with Crippen LogP contribution in [0.3, 0.4) is 0 Å². The quantitative estimate of drug-likeness (QED) is 0.289. The highest BCUT2D eigenvalue weighted by Crippen LogP contribution is 2.21. The van der Waals surface area contributed by atoms with Crippen molar-refractivity contribution in [2.45, 2.75) is 25.4 Å².